The van der Waals surface area contributed by atoms with E-state index in [1.165, 1.54) is 30.6 Å². The maximum absolute atomic E-state index is 5.78. The maximum Gasteiger partial charge on any atom is 0.124 e. The van der Waals surface area contributed by atoms with Gasteiger partial charge >= 0.3 is 0 Å². The first-order valence-electron chi connectivity index (χ1n) is 5.59. The third kappa shape index (κ3) is 1.29. The monoisotopic (exact) mass is 191 g/mol. The zero-order valence-electron chi connectivity index (χ0n) is 8.84. The van der Waals surface area contributed by atoms with Crippen LogP contribution in [-0.2, 0) is 6.42 Å². The van der Waals surface area contributed by atoms with Crippen molar-refractivity contribution in [2.24, 2.45) is 5.92 Å². The molecule has 2 atom stereocenters. The fourth-order valence-electron chi connectivity index (χ4n) is 2.47. The number of aryl methyl sites for hydroxylation is 1. The zero-order chi connectivity index (χ0) is 9.71. The van der Waals surface area contributed by atoms with E-state index in [9.17, 15) is 0 Å². The minimum Gasteiger partial charge on any atom is -0.464 e. The van der Waals surface area contributed by atoms with Gasteiger partial charge in [0.05, 0.1) is 6.04 Å². The van der Waals surface area contributed by atoms with Crippen LogP contribution < -0.4 is 5.32 Å². The van der Waals surface area contributed by atoms with Crippen molar-refractivity contribution in [3.05, 3.63) is 23.2 Å². The van der Waals surface area contributed by atoms with Gasteiger partial charge in [0.25, 0.3) is 0 Å². The Morgan fingerprint density at radius 2 is 2.21 bits per heavy atom. The summed E-state index contributed by atoms with van der Waals surface area (Å²) in [5.41, 5.74) is 1.42. The van der Waals surface area contributed by atoms with Crippen LogP contribution in [-0.4, -0.2) is 6.04 Å². The van der Waals surface area contributed by atoms with Crippen molar-refractivity contribution in [3.8, 4) is 0 Å². The van der Waals surface area contributed by atoms with Gasteiger partial charge in [-0.25, -0.2) is 0 Å². The van der Waals surface area contributed by atoms with Gasteiger partial charge in [-0.1, -0.05) is 6.92 Å². The van der Waals surface area contributed by atoms with E-state index in [-0.39, 0.29) is 0 Å². The second-order valence-corrected chi connectivity index (χ2v) is 4.85. The highest BCUT2D eigenvalue weighted by molar-refractivity contribution is 5.30. The van der Waals surface area contributed by atoms with E-state index in [0.717, 1.165) is 11.8 Å². The van der Waals surface area contributed by atoms with Gasteiger partial charge in [-0.2, -0.15) is 0 Å². The average molecular weight is 191 g/mol. The molecule has 1 aromatic rings. The minimum absolute atomic E-state index is 0.478. The van der Waals surface area contributed by atoms with Crippen molar-refractivity contribution in [3.63, 3.8) is 0 Å². The van der Waals surface area contributed by atoms with E-state index < -0.39 is 0 Å². The number of furan rings is 1. The van der Waals surface area contributed by atoms with Crippen LogP contribution in [0.25, 0.3) is 0 Å². The molecular weight excluding hydrogens is 174 g/mol. The molecule has 2 unspecified atom stereocenters. The molecule has 1 saturated carbocycles. The van der Waals surface area contributed by atoms with E-state index in [4.69, 9.17) is 4.42 Å². The Balaban J connectivity index is 1.87. The first-order valence-corrected chi connectivity index (χ1v) is 5.59. The van der Waals surface area contributed by atoms with Crippen LogP contribution in [0.1, 0.15) is 42.9 Å². The summed E-state index contributed by atoms with van der Waals surface area (Å²) in [4.78, 5) is 0. The topological polar surface area (TPSA) is 25.2 Å². The molecule has 1 aromatic heterocycles. The van der Waals surface area contributed by atoms with Gasteiger partial charge in [0.2, 0.25) is 0 Å². The Hall–Kier alpha value is -0.760. The Morgan fingerprint density at radius 3 is 2.93 bits per heavy atom. The van der Waals surface area contributed by atoms with Crippen molar-refractivity contribution < 1.29 is 4.42 Å². The predicted molar refractivity (Wildman–Crippen MR) is 55.2 cm³/mol. The van der Waals surface area contributed by atoms with Crippen LogP contribution >= 0.6 is 0 Å². The third-order valence-electron chi connectivity index (χ3n) is 3.35. The molecule has 0 amide bonds. The van der Waals surface area contributed by atoms with E-state index in [2.05, 4.69) is 18.3 Å². The summed E-state index contributed by atoms with van der Waals surface area (Å²) in [5, 5.41) is 3.68. The molecule has 0 aromatic carbocycles. The summed E-state index contributed by atoms with van der Waals surface area (Å²) in [7, 11) is 0. The van der Waals surface area contributed by atoms with E-state index in [1.807, 2.05) is 6.92 Å². The van der Waals surface area contributed by atoms with E-state index in [0.29, 0.717) is 12.0 Å². The first kappa shape index (κ1) is 8.54. The van der Waals surface area contributed by atoms with Crippen LogP contribution in [0.2, 0.25) is 0 Å². The smallest absolute Gasteiger partial charge is 0.124 e. The minimum atomic E-state index is 0.478. The standard InChI is InChI=1S/C12H17NO/c1-7-5-9-6-8(2)14-12(9)11(7)13-10-3-4-10/h6-7,10-11,13H,3-5H2,1-2H3. The van der Waals surface area contributed by atoms with Crippen LogP contribution in [0.15, 0.2) is 10.5 Å². The van der Waals surface area contributed by atoms with Gasteiger partial charge in [-0.15, -0.1) is 0 Å². The summed E-state index contributed by atoms with van der Waals surface area (Å²) >= 11 is 0. The first-order chi connectivity index (χ1) is 6.74. The lowest BCUT2D eigenvalue weighted by atomic mass is 10.1. The summed E-state index contributed by atoms with van der Waals surface area (Å²) in [6, 6.07) is 3.44. The molecular formula is C12H17NO. The molecule has 14 heavy (non-hydrogen) atoms. The average Bonchev–Trinajstić information content (AvgIpc) is 2.81. The van der Waals surface area contributed by atoms with Crippen molar-refractivity contribution >= 4 is 0 Å². The lowest BCUT2D eigenvalue weighted by molar-refractivity contribution is 0.346. The van der Waals surface area contributed by atoms with Crippen LogP contribution in [0.4, 0.5) is 0 Å². The number of hydrogen-bond acceptors (Lipinski definition) is 2. The Labute approximate surface area is 84.7 Å². The Bertz CT molecular complexity index is 351. The number of hydrogen-bond donors (Lipinski definition) is 1. The molecule has 2 aliphatic carbocycles. The molecule has 0 aliphatic heterocycles. The normalized spacial score (nSPS) is 30.7. The highest BCUT2D eigenvalue weighted by Gasteiger charge is 2.36. The van der Waals surface area contributed by atoms with Crippen molar-refractivity contribution in [2.75, 3.05) is 0 Å². The second kappa shape index (κ2) is 2.86. The summed E-state index contributed by atoms with van der Waals surface area (Å²) in [6.07, 6.45) is 3.87. The molecule has 1 fully saturated rings. The van der Waals surface area contributed by atoms with Gasteiger partial charge in [0.1, 0.15) is 11.5 Å². The van der Waals surface area contributed by atoms with E-state index in [1.54, 1.807) is 0 Å². The van der Waals surface area contributed by atoms with Crippen LogP contribution in [0, 0.1) is 12.8 Å². The quantitative estimate of drug-likeness (QED) is 0.777. The summed E-state index contributed by atoms with van der Waals surface area (Å²) < 4.78 is 5.78. The van der Waals surface area contributed by atoms with Gasteiger partial charge in [0.15, 0.2) is 0 Å². The number of nitrogens with one attached hydrogen (secondary N) is 1. The fraction of sp³-hybridized carbons (Fsp3) is 0.667. The highest BCUT2D eigenvalue weighted by atomic mass is 16.3. The molecule has 2 nitrogen and oxygen atoms in total. The number of fused-ring (bicyclic) bond motifs is 1. The van der Waals surface area contributed by atoms with Crippen molar-refractivity contribution in [2.45, 2.75) is 45.2 Å². The lowest BCUT2D eigenvalue weighted by Gasteiger charge is -2.16. The van der Waals surface area contributed by atoms with E-state index >= 15 is 0 Å². The lowest BCUT2D eigenvalue weighted by Crippen LogP contribution is -2.25. The molecule has 1 heterocycles. The van der Waals surface area contributed by atoms with Crippen LogP contribution in [0.3, 0.4) is 0 Å². The van der Waals surface area contributed by atoms with Crippen molar-refractivity contribution in [1.82, 2.24) is 5.32 Å². The molecule has 0 radical (unpaired) electrons. The van der Waals surface area contributed by atoms with Gasteiger partial charge < -0.3 is 9.73 Å². The molecule has 3 rings (SSSR count). The second-order valence-electron chi connectivity index (χ2n) is 4.85. The number of rotatable bonds is 2. The Kier molecular flexibility index (Phi) is 1.75. The molecule has 0 bridgehead atoms. The molecule has 76 valence electrons. The van der Waals surface area contributed by atoms with Crippen molar-refractivity contribution in [1.29, 1.82) is 0 Å². The molecule has 2 aliphatic rings. The predicted octanol–water partition coefficient (Wildman–Crippen LogP) is 2.57. The van der Waals surface area contributed by atoms with Gasteiger partial charge in [-0.05, 0) is 43.7 Å². The Morgan fingerprint density at radius 1 is 1.43 bits per heavy atom. The van der Waals surface area contributed by atoms with Gasteiger partial charge in [-0.3, -0.25) is 0 Å². The van der Waals surface area contributed by atoms with Crippen LogP contribution in [0.5, 0.6) is 0 Å². The molecule has 0 spiro atoms. The highest BCUT2D eigenvalue weighted by Crippen LogP contribution is 2.39. The zero-order valence-corrected chi connectivity index (χ0v) is 8.84. The molecule has 1 N–H and O–H groups in total. The maximum atomic E-state index is 5.78. The fourth-order valence-corrected chi connectivity index (χ4v) is 2.47. The summed E-state index contributed by atoms with van der Waals surface area (Å²) in [5.74, 6) is 2.97. The molecule has 2 heteroatoms. The third-order valence-corrected chi connectivity index (χ3v) is 3.35. The largest absolute Gasteiger partial charge is 0.464 e. The summed E-state index contributed by atoms with van der Waals surface area (Å²) in [6.45, 7) is 4.35. The van der Waals surface area contributed by atoms with Gasteiger partial charge in [0, 0.05) is 6.04 Å². The molecule has 0 saturated heterocycles. The SMILES string of the molecule is Cc1cc2c(o1)C(NC1CC1)C(C)C2.